The maximum absolute atomic E-state index is 5.71. The van der Waals surface area contributed by atoms with Crippen LogP contribution in [0.1, 0.15) is 18.1 Å². The lowest BCUT2D eigenvalue weighted by atomic mass is 10.1. The van der Waals surface area contributed by atoms with Gasteiger partial charge in [-0.3, -0.25) is 0 Å². The predicted molar refractivity (Wildman–Crippen MR) is 77.4 cm³/mol. The van der Waals surface area contributed by atoms with Crippen LogP contribution in [0.25, 0.3) is 0 Å². The highest BCUT2D eigenvalue weighted by atomic mass is 79.9. The summed E-state index contributed by atoms with van der Waals surface area (Å²) in [5.41, 5.74) is 2.44. The Bertz CT molecular complexity index is 435. The molecule has 0 aliphatic carbocycles. The third-order valence-corrected chi connectivity index (χ3v) is 3.77. The Kier molecular flexibility index (Phi) is 5.21. The van der Waals surface area contributed by atoms with Crippen LogP contribution in [0.5, 0.6) is 5.75 Å². The molecule has 1 aromatic rings. The van der Waals surface area contributed by atoms with Crippen LogP contribution in [0.2, 0.25) is 0 Å². The summed E-state index contributed by atoms with van der Waals surface area (Å²) in [7, 11) is 3.29. The van der Waals surface area contributed by atoms with Gasteiger partial charge in [0.15, 0.2) is 6.29 Å². The van der Waals surface area contributed by atoms with Crippen molar-refractivity contribution < 1.29 is 14.2 Å². The molecule has 0 amide bonds. The summed E-state index contributed by atoms with van der Waals surface area (Å²) in [5, 5.41) is 3.41. The van der Waals surface area contributed by atoms with Gasteiger partial charge in [-0.05, 0) is 24.6 Å². The fraction of sp³-hybridized carbons (Fsp3) is 0.571. The van der Waals surface area contributed by atoms with Gasteiger partial charge in [0.25, 0.3) is 0 Å². The van der Waals surface area contributed by atoms with Crippen LogP contribution in [0.3, 0.4) is 0 Å². The van der Waals surface area contributed by atoms with Crippen LogP contribution < -0.4 is 10.1 Å². The Balaban J connectivity index is 2.04. The number of hydrogen-bond acceptors (Lipinski definition) is 4. The molecule has 0 radical (unpaired) electrons. The van der Waals surface area contributed by atoms with Crippen LogP contribution in [-0.4, -0.2) is 33.2 Å². The van der Waals surface area contributed by atoms with Gasteiger partial charge in [-0.15, -0.1) is 0 Å². The molecule has 2 rings (SSSR count). The summed E-state index contributed by atoms with van der Waals surface area (Å²) in [4.78, 5) is 0. The van der Waals surface area contributed by atoms with Crippen molar-refractivity contribution in [2.24, 2.45) is 0 Å². The minimum absolute atomic E-state index is 0.103. The summed E-state index contributed by atoms with van der Waals surface area (Å²) < 4.78 is 17.3. The van der Waals surface area contributed by atoms with Crippen LogP contribution in [0.15, 0.2) is 16.6 Å². The van der Waals surface area contributed by atoms with E-state index >= 15 is 0 Å². The SMILES string of the molecule is COC(OC)C(C)NCc1cc(Br)cc2c1OCC2. The Hall–Kier alpha value is -0.620. The molecule has 0 saturated heterocycles. The zero-order valence-electron chi connectivity index (χ0n) is 11.5. The average molecular weight is 330 g/mol. The Labute approximate surface area is 122 Å². The van der Waals surface area contributed by atoms with Crippen molar-refractivity contribution in [2.75, 3.05) is 20.8 Å². The molecule has 4 nitrogen and oxygen atoms in total. The largest absolute Gasteiger partial charge is 0.493 e. The van der Waals surface area contributed by atoms with Gasteiger partial charge in [-0.25, -0.2) is 0 Å². The van der Waals surface area contributed by atoms with E-state index in [9.17, 15) is 0 Å². The van der Waals surface area contributed by atoms with Gasteiger partial charge in [-0.1, -0.05) is 15.9 Å². The van der Waals surface area contributed by atoms with E-state index in [2.05, 4.69) is 33.4 Å². The van der Waals surface area contributed by atoms with E-state index in [0.29, 0.717) is 0 Å². The van der Waals surface area contributed by atoms with E-state index in [4.69, 9.17) is 14.2 Å². The number of ether oxygens (including phenoxy) is 3. The number of benzene rings is 1. The molecular formula is C14H20BrNO3. The highest BCUT2D eigenvalue weighted by molar-refractivity contribution is 9.10. The van der Waals surface area contributed by atoms with Gasteiger partial charge in [0.1, 0.15) is 5.75 Å². The maximum atomic E-state index is 5.71. The molecule has 106 valence electrons. The highest BCUT2D eigenvalue weighted by Crippen LogP contribution is 2.32. The third kappa shape index (κ3) is 3.48. The van der Waals surface area contributed by atoms with Crippen LogP contribution in [0, 0.1) is 0 Å². The van der Waals surface area contributed by atoms with Crippen molar-refractivity contribution in [1.82, 2.24) is 5.32 Å². The minimum Gasteiger partial charge on any atom is -0.493 e. The third-order valence-electron chi connectivity index (χ3n) is 3.31. The van der Waals surface area contributed by atoms with E-state index in [1.807, 2.05) is 6.92 Å². The van der Waals surface area contributed by atoms with Gasteiger partial charge < -0.3 is 19.5 Å². The van der Waals surface area contributed by atoms with E-state index in [-0.39, 0.29) is 12.3 Å². The van der Waals surface area contributed by atoms with Gasteiger partial charge in [-0.2, -0.15) is 0 Å². The molecule has 1 N–H and O–H groups in total. The molecule has 1 aliphatic heterocycles. The topological polar surface area (TPSA) is 39.7 Å². The summed E-state index contributed by atoms with van der Waals surface area (Å²) in [5.74, 6) is 1.02. The van der Waals surface area contributed by atoms with Gasteiger partial charge >= 0.3 is 0 Å². The van der Waals surface area contributed by atoms with Crippen molar-refractivity contribution in [3.05, 3.63) is 27.7 Å². The molecule has 1 aliphatic rings. The fourth-order valence-electron chi connectivity index (χ4n) is 2.35. The first-order valence-electron chi connectivity index (χ1n) is 6.38. The summed E-state index contributed by atoms with van der Waals surface area (Å²) >= 11 is 3.55. The summed E-state index contributed by atoms with van der Waals surface area (Å²) in [6.45, 7) is 3.54. The second-order valence-electron chi connectivity index (χ2n) is 4.66. The molecule has 0 spiro atoms. The van der Waals surface area contributed by atoms with E-state index in [1.165, 1.54) is 11.1 Å². The molecule has 1 aromatic carbocycles. The van der Waals surface area contributed by atoms with Gasteiger partial charge in [0, 0.05) is 37.2 Å². The van der Waals surface area contributed by atoms with Gasteiger partial charge in [0.2, 0.25) is 0 Å². The first-order chi connectivity index (χ1) is 9.15. The second kappa shape index (κ2) is 6.70. The van der Waals surface area contributed by atoms with Gasteiger partial charge in [0.05, 0.1) is 12.6 Å². The molecular weight excluding hydrogens is 310 g/mol. The lowest BCUT2D eigenvalue weighted by Gasteiger charge is -2.22. The molecule has 0 fully saturated rings. The number of methoxy groups -OCH3 is 2. The van der Waals surface area contributed by atoms with Crippen molar-refractivity contribution in [3.8, 4) is 5.75 Å². The molecule has 1 heterocycles. The molecule has 5 heteroatoms. The smallest absolute Gasteiger partial charge is 0.171 e. The molecule has 1 atom stereocenters. The van der Waals surface area contributed by atoms with Crippen LogP contribution >= 0.6 is 15.9 Å². The Morgan fingerprint density at radius 3 is 2.79 bits per heavy atom. The number of hydrogen-bond donors (Lipinski definition) is 1. The number of halogens is 1. The summed E-state index contributed by atoms with van der Waals surface area (Å²) in [6, 6.07) is 4.33. The highest BCUT2D eigenvalue weighted by Gasteiger charge is 2.19. The van der Waals surface area contributed by atoms with E-state index < -0.39 is 0 Å². The lowest BCUT2D eigenvalue weighted by Crippen LogP contribution is -2.39. The molecule has 19 heavy (non-hydrogen) atoms. The van der Waals surface area contributed by atoms with Crippen molar-refractivity contribution in [3.63, 3.8) is 0 Å². The Morgan fingerprint density at radius 2 is 2.11 bits per heavy atom. The second-order valence-corrected chi connectivity index (χ2v) is 5.58. The van der Waals surface area contributed by atoms with Crippen molar-refractivity contribution in [1.29, 1.82) is 0 Å². The zero-order valence-corrected chi connectivity index (χ0v) is 13.1. The summed E-state index contributed by atoms with van der Waals surface area (Å²) in [6.07, 6.45) is 0.733. The minimum atomic E-state index is -0.249. The molecule has 0 saturated carbocycles. The normalized spacial score (nSPS) is 15.4. The first-order valence-corrected chi connectivity index (χ1v) is 7.18. The lowest BCUT2D eigenvalue weighted by molar-refractivity contribution is -0.119. The van der Waals surface area contributed by atoms with E-state index in [0.717, 1.165) is 29.8 Å². The van der Waals surface area contributed by atoms with E-state index in [1.54, 1.807) is 14.2 Å². The standard InChI is InChI=1S/C14H20BrNO3/c1-9(14(17-2)18-3)16-8-11-7-12(15)6-10-4-5-19-13(10)11/h6-7,9,14,16H,4-5,8H2,1-3H3. The predicted octanol–water partition coefficient (Wildman–Crippen LogP) is 2.48. The monoisotopic (exact) mass is 329 g/mol. The Morgan fingerprint density at radius 1 is 1.37 bits per heavy atom. The van der Waals surface area contributed by atoms with Crippen LogP contribution in [-0.2, 0) is 22.4 Å². The van der Waals surface area contributed by atoms with Crippen LogP contribution in [0.4, 0.5) is 0 Å². The number of nitrogens with one attached hydrogen (secondary N) is 1. The number of fused-ring (bicyclic) bond motifs is 1. The quantitative estimate of drug-likeness (QED) is 0.814. The van der Waals surface area contributed by atoms with Crippen molar-refractivity contribution >= 4 is 15.9 Å². The van der Waals surface area contributed by atoms with Crippen molar-refractivity contribution in [2.45, 2.75) is 32.2 Å². The molecule has 1 unspecified atom stereocenters. The molecule has 0 bridgehead atoms. The fourth-order valence-corrected chi connectivity index (χ4v) is 2.90. The average Bonchev–Trinajstić information content (AvgIpc) is 2.85. The maximum Gasteiger partial charge on any atom is 0.171 e. The molecule has 0 aromatic heterocycles. The first kappa shape index (κ1) is 14.8. The number of rotatable bonds is 6. The zero-order chi connectivity index (χ0) is 13.8.